The molecule has 6 nitrogen and oxygen atoms in total. The van der Waals surface area contributed by atoms with Crippen molar-refractivity contribution >= 4 is 23.0 Å². The summed E-state index contributed by atoms with van der Waals surface area (Å²) in [5.41, 5.74) is 5.74. The number of nitrogen functional groups attached to an aromatic ring is 1. The highest BCUT2D eigenvalue weighted by Gasteiger charge is 2.10. The Morgan fingerprint density at radius 2 is 2.11 bits per heavy atom. The maximum Gasteiger partial charge on any atom is 0.271 e. The predicted molar refractivity (Wildman–Crippen MR) is 66.8 cm³/mol. The van der Waals surface area contributed by atoms with Crippen molar-refractivity contribution in [1.29, 1.82) is 0 Å². The Morgan fingerprint density at radius 3 is 2.72 bits per heavy atom. The lowest BCUT2D eigenvalue weighted by Crippen LogP contribution is -1.95. The summed E-state index contributed by atoms with van der Waals surface area (Å²) in [5, 5.41) is 11.0. The Morgan fingerprint density at radius 1 is 1.33 bits per heavy atom. The molecule has 0 unspecified atom stereocenters. The van der Waals surface area contributed by atoms with Gasteiger partial charge in [-0.05, 0) is 6.07 Å². The lowest BCUT2D eigenvalue weighted by molar-refractivity contribution is -0.384. The van der Waals surface area contributed by atoms with E-state index in [0.717, 1.165) is 0 Å². The summed E-state index contributed by atoms with van der Waals surface area (Å²) in [4.78, 5) is 13.9. The summed E-state index contributed by atoms with van der Waals surface area (Å²) >= 11 is 5.75. The number of non-ortho nitro benzene ring substituents is 1. The largest absolute Gasteiger partial charge is 0.454 e. The van der Waals surface area contributed by atoms with Gasteiger partial charge in [-0.1, -0.05) is 11.6 Å². The number of halogens is 1. The van der Waals surface area contributed by atoms with E-state index in [4.69, 9.17) is 22.1 Å². The van der Waals surface area contributed by atoms with E-state index in [1.54, 1.807) is 6.07 Å². The smallest absolute Gasteiger partial charge is 0.271 e. The molecule has 0 aliphatic heterocycles. The molecule has 0 fully saturated rings. The first kappa shape index (κ1) is 12.1. The summed E-state index contributed by atoms with van der Waals surface area (Å²) in [6.45, 7) is 0. The van der Waals surface area contributed by atoms with Crippen LogP contribution < -0.4 is 10.5 Å². The summed E-state index contributed by atoms with van der Waals surface area (Å²) in [6, 6.07) is 5.53. The highest BCUT2D eigenvalue weighted by Crippen LogP contribution is 2.30. The molecular weight excluding hydrogens is 258 g/mol. The molecule has 2 rings (SSSR count). The van der Waals surface area contributed by atoms with Gasteiger partial charge in [-0.25, -0.2) is 0 Å². The van der Waals surface area contributed by atoms with E-state index in [2.05, 4.69) is 4.98 Å². The molecule has 0 aliphatic rings. The molecule has 0 radical (unpaired) electrons. The summed E-state index contributed by atoms with van der Waals surface area (Å²) in [5.74, 6) is 0.715. The van der Waals surface area contributed by atoms with Gasteiger partial charge in [-0.3, -0.25) is 15.1 Å². The van der Waals surface area contributed by atoms with Crippen molar-refractivity contribution in [2.24, 2.45) is 0 Å². The second kappa shape index (κ2) is 4.89. The number of ether oxygens (including phenoxy) is 1. The van der Waals surface area contributed by atoms with Crippen LogP contribution in [0.2, 0.25) is 5.02 Å². The van der Waals surface area contributed by atoms with Crippen LogP contribution in [-0.4, -0.2) is 9.91 Å². The minimum atomic E-state index is -0.527. The highest BCUT2D eigenvalue weighted by molar-refractivity contribution is 6.30. The number of benzene rings is 1. The van der Waals surface area contributed by atoms with Gasteiger partial charge < -0.3 is 10.5 Å². The molecule has 18 heavy (non-hydrogen) atoms. The van der Waals surface area contributed by atoms with Crippen molar-refractivity contribution in [3.05, 3.63) is 51.8 Å². The number of aromatic nitrogens is 1. The van der Waals surface area contributed by atoms with Gasteiger partial charge in [-0.2, -0.15) is 0 Å². The van der Waals surface area contributed by atoms with Gasteiger partial charge in [0, 0.05) is 24.4 Å². The van der Waals surface area contributed by atoms with Crippen molar-refractivity contribution in [3.8, 4) is 11.5 Å². The van der Waals surface area contributed by atoms with E-state index in [1.807, 2.05) is 0 Å². The van der Waals surface area contributed by atoms with Crippen LogP contribution in [0.25, 0.3) is 0 Å². The van der Waals surface area contributed by atoms with Gasteiger partial charge in [0.15, 0.2) is 5.75 Å². The molecule has 0 saturated heterocycles. The van der Waals surface area contributed by atoms with Crippen LogP contribution in [0.4, 0.5) is 11.4 Å². The maximum absolute atomic E-state index is 10.5. The van der Waals surface area contributed by atoms with Gasteiger partial charge in [0.2, 0.25) is 0 Å². The molecule has 1 heterocycles. The molecule has 0 amide bonds. The highest BCUT2D eigenvalue weighted by atomic mass is 35.5. The Hall–Kier alpha value is -2.34. The number of nitrogens with two attached hydrogens (primary N) is 1. The molecule has 0 atom stereocenters. The number of nitro groups is 1. The van der Waals surface area contributed by atoms with Crippen LogP contribution >= 0.6 is 11.6 Å². The van der Waals surface area contributed by atoms with Crippen LogP contribution in [0.3, 0.4) is 0 Å². The minimum absolute atomic E-state index is 0.0935. The fourth-order valence-electron chi connectivity index (χ4n) is 1.32. The van der Waals surface area contributed by atoms with E-state index in [-0.39, 0.29) is 11.4 Å². The topological polar surface area (TPSA) is 91.3 Å². The lowest BCUT2D eigenvalue weighted by atomic mass is 10.2. The average molecular weight is 266 g/mol. The molecule has 92 valence electrons. The Labute approximate surface area is 107 Å². The molecule has 0 saturated carbocycles. The van der Waals surface area contributed by atoms with Gasteiger partial charge in [-0.15, -0.1) is 0 Å². The van der Waals surface area contributed by atoms with E-state index >= 15 is 0 Å². The Bertz CT molecular complexity index is 604. The molecule has 2 aromatic rings. The van der Waals surface area contributed by atoms with Gasteiger partial charge in [0.05, 0.1) is 21.8 Å². The Balaban J connectivity index is 2.27. The van der Waals surface area contributed by atoms with Gasteiger partial charge in [0.1, 0.15) is 5.75 Å². The first-order valence-electron chi connectivity index (χ1n) is 4.88. The van der Waals surface area contributed by atoms with E-state index in [9.17, 15) is 10.1 Å². The van der Waals surface area contributed by atoms with Crippen LogP contribution in [0.1, 0.15) is 0 Å². The minimum Gasteiger partial charge on any atom is -0.454 e. The van der Waals surface area contributed by atoms with Crippen LogP contribution in [0.5, 0.6) is 11.5 Å². The molecule has 0 spiro atoms. The molecular formula is C11H8ClN3O3. The van der Waals surface area contributed by atoms with Gasteiger partial charge >= 0.3 is 0 Å². The number of anilines is 1. The number of rotatable bonds is 3. The average Bonchev–Trinajstić information content (AvgIpc) is 2.31. The van der Waals surface area contributed by atoms with Crippen molar-refractivity contribution in [1.82, 2.24) is 4.98 Å². The molecule has 1 aromatic heterocycles. The molecule has 2 N–H and O–H groups in total. The molecule has 1 aromatic carbocycles. The van der Waals surface area contributed by atoms with Gasteiger partial charge in [0.25, 0.3) is 5.69 Å². The molecule has 7 heteroatoms. The van der Waals surface area contributed by atoms with Crippen molar-refractivity contribution in [2.75, 3.05) is 5.73 Å². The fourth-order valence-corrected chi connectivity index (χ4v) is 1.48. The number of nitro benzene ring substituents is 1. The lowest BCUT2D eigenvalue weighted by Gasteiger charge is -2.07. The van der Waals surface area contributed by atoms with E-state index in [1.165, 1.54) is 30.6 Å². The zero-order valence-electron chi connectivity index (χ0n) is 9.04. The zero-order chi connectivity index (χ0) is 13.1. The first-order chi connectivity index (χ1) is 8.56. The third kappa shape index (κ3) is 2.67. The summed E-state index contributed by atoms with van der Waals surface area (Å²) in [7, 11) is 0. The SMILES string of the molecule is Nc1cc([N+](=O)[O-])ccc1Oc1cncc(Cl)c1. The zero-order valence-corrected chi connectivity index (χ0v) is 9.79. The third-order valence-electron chi connectivity index (χ3n) is 2.11. The predicted octanol–water partition coefficient (Wildman–Crippen LogP) is 3.02. The summed E-state index contributed by atoms with van der Waals surface area (Å²) in [6.07, 6.45) is 2.93. The first-order valence-corrected chi connectivity index (χ1v) is 5.26. The van der Waals surface area contributed by atoms with E-state index in [0.29, 0.717) is 16.5 Å². The van der Waals surface area contributed by atoms with Crippen LogP contribution in [-0.2, 0) is 0 Å². The van der Waals surface area contributed by atoms with E-state index < -0.39 is 4.92 Å². The standard InChI is InChI=1S/C11H8ClN3O3/c12-7-3-9(6-14-5-7)18-11-2-1-8(15(16)17)4-10(11)13/h1-6H,13H2. The summed E-state index contributed by atoms with van der Waals surface area (Å²) < 4.78 is 5.43. The number of nitrogens with zero attached hydrogens (tertiary/aromatic N) is 2. The molecule has 0 aliphatic carbocycles. The normalized spacial score (nSPS) is 10.1. The second-order valence-electron chi connectivity index (χ2n) is 3.42. The second-order valence-corrected chi connectivity index (χ2v) is 3.86. The third-order valence-corrected chi connectivity index (χ3v) is 2.32. The quantitative estimate of drug-likeness (QED) is 0.523. The monoisotopic (exact) mass is 265 g/mol. The van der Waals surface area contributed by atoms with Crippen molar-refractivity contribution in [3.63, 3.8) is 0 Å². The van der Waals surface area contributed by atoms with Crippen molar-refractivity contribution in [2.45, 2.75) is 0 Å². The number of pyridine rings is 1. The van der Waals surface area contributed by atoms with Crippen molar-refractivity contribution < 1.29 is 9.66 Å². The maximum atomic E-state index is 10.5. The Kier molecular flexibility index (Phi) is 3.29. The fraction of sp³-hybridized carbons (Fsp3) is 0. The number of hydrogen-bond donors (Lipinski definition) is 1. The number of hydrogen-bond acceptors (Lipinski definition) is 5. The van der Waals surface area contributed by atoms with Crippen LogP contribution in [0.15, 0.2) is 36.7 Å². The van der Waals surface area contributed by atoms with Crippen LogP contribution in [0, 0.1) is 10.1 Å². The molecule has 0 bridgehead atoms.